The topological polar surface area (TPSA) is 80.4 Å². The van der Waals surface area contributed by atoms with Crippen molar-refractivity contribution in [2.75, 3.05) is 7.05 Å². The van der Waals surface area contributed by atoms with Crippen molar-refractivity contribution in [2.45, 2.75) is 31.8 Å². The van der Waals surface area contributed by atoms with Crippen LogP contribution in [0.5, 0.6) is 0 Å². The number of likely N-dealkylation sites (tertiary alicyclic amines) is 1. The summed E-state index contributed by atoms with van der Waals surface area (Å²) in [4.78, 5) is 26.1. The van der Waals surface area contributed by atoms with E-state index in [1.165, 1.54) is 0 Å². The van der Waals surface area contributed by atoms with Gasteiger partial charge in [-0.05, 0) is 31.5 Å². The molecule has 23 heavy (non-hydrogen) atoms. The monoisotopic (exact) mass is 316 g/mol. The quantitative estimate of drug-likeness (QED) is 0.928. The van der Waals surface area contributed by atoms with E-state index in [2.05, 4.69) is 10.4 Å². The standard InChI is InChI=1S/C16H20N4O3/c1-10-4-6-13(23-10)16(22)18-11-5-7-14(21)19(2)15(11)12-8-9-17-20(12)3/h4,6,8-9,11,15H,5,7H2,1-3H3,(H,18,22)/t11-,15-/m1/s1. The number of aryl methyl sites for hydroxylation is 2. The number of carbonyl (C=O) groups is 2. The summed E-state index contributed by atoms with van der Waals surface area (Å²) in [7, 11) is 3.59. The zero-order valence-electron chi connectivity index (χ0n) is 13.4. The maximum Gasteiger partial charge on any atom is 0.287 e. The molecule has 2 aromatic heterocycles. The molecule has 7 heteroatoms. The smallest absolute Gasteiger partial charge is 0.287 e. The Morgan fingerprint density at radius 3 is 2.74 bits per heavy atom. The lowest BCUT2D eigenvalue weighted by atomic mass is 9.93. The number of hydrogen-bond donors (Lipinski definition) is 1. The number of rotatable bonds is 3. The molecule has 122 valence electrons. The van der Waals surface area contributed by atoms with Crippen molar-refractivity contribution in [3.05, 3.63) is 41.6 Å². The molecule has 1 fully saturated rings. The molecule has 1 saturated heterocycles. The highest BCUT2D eigenvalue weighted by Gasteiger charge is 2.37. The Balaban J connectivity index is 1.85. The number of nitrogens with one attached hydrogen (secondary N) is 1. The molecule has 0 aromatic carbocycles. The van der Waals surface area contributed by atoms with Crippen molar-refractivity contribution < 1.29 is 14.0 Å². The van der Waals surface area contributed by atoms with E-state index in [0.29, 0.717) is 18.6 Å². The van der Waals surface area contributed by atoms with Gasteiger partial charge < -0.3 is 14.6 Å². The summed E-state index contributed by atoms with van der Waals surface area (Å²) in [5.74, 6) is 0.772. The molecule has 1 aliphatic rings. The summed E-state index contributed by atoms with van der Waals surface area (Å²) < 4.78 is 7.11. The van der Waals surface area contributed by atoms with Crippen molar-refractivity contribution in [1.82, 2.24) is 20.0 Å². The van der Waals surface area contributed by atoms with Gasteiger partial charge in [-0.25, -0.2) is 0 Å². The normalized spacial score (nSPS) is 21.5. The number of amides is 2. The van der Waals surface area contributed by atoms with Gasteiger partial charge in [0.15, 0.2) is 5.76 Å². The lowest BCUT2D eigenvalue weighted by molar-refractivity contribution is -0.136. The summed E-state index contributed by atoms with van der Waals surface area (Å²) in [5, 5.41) is 7.17. The second-order valence-corrected chi connectivity index (χ2v) is 5.86. The van der Waals surface area contributed by atoms with E-state index in [9.17, 15) is 9.59 Å². The van der Waals surface area contributed by atoms with Crippen molar-refractivity contribution in [2.24, 2.45) is 7.05 Å². The first-order chi connectivity index (χ1) is 11.0. The molecule has 2 aromatic rings. The average Bonchev–Trinajstić information content (AvgIpc) is 3.12. The van der Waals surface area contributed by atoms with Crippen molar-refractivity contribution in [3.8, 4) is 0 Å². The van der Waals surface area contributed by atoms with E-state index in [-0.39, 0.29) is 29.7 Å². The maximum absolute atomic E-state index is 12.4. The van der Waals surface area contributed by atoms with Gasteiger partial charge in [-0.3, -0.25) is 14.3 Å². The van der Waals surface area contributed by atoms with Gasteiger partial charge in [-0.15, -0.1) is 0 Å². The molecular weight excluding hydrogens is 296 g/mol. The predicted octanol–water partition coefficient (Wildman–Crippen LogP) is 1.41. The number of nitrogens with zero attached hydrogens (tertiary/aromatic N) is 3. The Bertz CT molecular complexity index is 733. The number of likely N-dealkylation sites (N-methyl/N-ethyl adjacent to an activating group) is 1. The first-order valence-corrected chi connectivity index (χ1v) is 7.58. The van der Waals surface area contributed by atoms with Crippen molar-refractivity contribution >= 4 is 11.8 Å². The SMILES string of the molecule is Cc1ccc(C(=O)N[C@@H]2CCC(=O)N(C)[C@H]2c2ccnn2C)o1. The molecule has 2 amide bonds. The summed E-state index contributed by atoms with van der Waals surface area (Å²) in [6.45, 7) is 1.79. The van der Waals surface area contributed by atoms with Crippen LogP contribution in [0.2, 0.25) is 0 Å². The van der Waals surface area contributed by atoms with E-state index in [0.717, 1.165) is 5.69 Å². The molecular formula is C16H20N4O3. The van der Waals surface area contributed by atoms with Crippen LogP contribution in [0.4, 0.5) is 0 Å². The van der Waals surface area contributed by atoms with Gasteiger partial charge in [0.05, 0.1) is 17.8 Å². The van der Waals surface area contributed by atoms with E-state index < -0.39 is 0 Å². The molecule has 0 bridgehead atoms. The summed E-state index contributed by atoms with van der Waals surface area (Å²) in [6, 6.07) is 4.84. The van der Waals surface area contributed by atoms with E-state index in [1.807, 2.05) is 13.1 Å². The molecule has 0 saturated carbocycles. The molecule has 0 aliphatic carbocycles. The van der Waals surface area contributed by atoms with Crippen LogP contribution < -0.4 is 5.32 Å². The maximum atomic E-state index is 12.4. The largest absolute Gasteiger partial charge is 0.456 e. The third-order valence-corrected chi connectivity index (χ3v) is 4.30. The van der Waals surface area contributed by atoms with E-state index >= 15 is 0 Å². The minimum absolute atomic E-state index is 0.0653. The van der Waals surface area contributed by atoms with E-state index in [4.69, 9.17) is 4.42 Å². The molecule has 2 atom stereocenters. The number of piperidine rings is 1. The Hall–Kier alpha value is -2.57. The van der Waals surface area contributed by atoms with Crippen molar-refractivity contribution in [1.29, 1.82) is 0 Å². The molecule has 7 nitrogen and oxygen atoms in total. The van der Waals surface area contributed by atoms with Crippen LogP contribution in [-0.2, 0) is 11.8 Å². The predicted molar refractivity (Wildman–Crippen MR) is 82.7 cm³/mol. The van der Waals surface area contributed by atoms with Crippen LogP contribution in [0.1, 0.15) is 40.9 Å². The van der Waals surface area contributed by atoms with Gasteiger partial charge in [0, 0.05) is 26.7 Å². The minimum atomic E-state index is -0.266. The zero-order valence-corrected chi connectivity index (χ0v) is 13.4. The van der Waals surface area contributed by atoms with Gasteiger partial charge in [0.25, 0.3) is 5.91 Å². The minimum Gasteiger partial charge on any atom is -0.456 e. The average molecular weight is 316 g/mol. The fraction of sp³-hybridized carbons (Fsp3) is 0.438. The molecule has 1 N–H and O–H groups in total. The molecule has 0 unspecified atom stereocenters. The Kier molecular flexibility index (Phi) is 3.94. The van der Waals surface area contributed by atoms with Crippen LogP contribution in [0.25, 0.3) is 0 Å². The lowest BCUT2D eigenvalue weighted by Gasteiger charge is -2.39. The number of aromatic nitrogens is 2. The van der Waals surface area contributed by atoms with Crippen LogP contribution >= 0.6 is 0 Å². The fourth-order valence-electron chi connectivity index (χ4n) is 3.06. The summed E-state index contributed by atoms with van der Waals surface area (Å²) in [5.41, 5.74) is 0.890. The molecule has 3 rings (SSSR count). The van der Waals surface area contributed by atoms with E-state index in [1.54, 1.807) is 41.9 Å². The van der Waals surface area contributed by atoms with Crippen LogP contribution in [0.3, 0.4) is 0 Å². The molecule has 0 spiro atoms. The molecule has 0 radical (unpaired) electrons. The summed E-state index contributed by atoms with van der Waals surface area (Å²) >= 11 is 0. The third kappa shape index (κ3) is 2.86. The fourth-order valence-corrected chi connectivity index (χ4v) is 3.06. The Labute approximate surface area is 134 Å². The first kappa shape index (κ1) is 15.3. The Morgan fingerprint density at radius 2 is 2.13 bits per heavy atom. The van der Waals surface area contributed by atoms with Crippen molar-refractivity contribution in [3.63, 3.8) is 0 Å². The molecule has 3 heterocycles. The van der Waals surface area contributed by atoms with Crippen LogP contribution in [0.15, 0.2) is 28.8 Å². The van der Waals surface area contributed by atoms with Crippen LogP contribution in [-0.4, -0.2) is 39.6 Å². The van der Waals surface area contributed by atoms with Gasteiger partial charge in [-0.1, -0.05) is 0 Å². The second-order valence-electron chi connectivity index (χ2n) is 5.86. The van der Waals surface area contributed by atoms with Gasteiger partial charge in [-0.2, -0.15) is 5.10 Å². The highest BCUT2D eigenvalue weighted by Crippen LogP contribution is 2.30. The summed E-state index contributed by atoms with van der Waals surface area (Å²) in [6.07, 6.45) is 2.69. The van der Waals surface area contributed by atoms with Gasteiger partial charge in [0.2, 0.25) is 5.91 Å². The number of carbonyl (C=O) groups excluding carboxylic acids is 2. The van der Waals surface area contributed by atoms with Gasteiger partial charge >= 0.3 is 0 Å². The Morgan fingerprint density at radius 1 is 1.35 bits per heavy atom. The van der Waals surface area contributed by atoms with Gasteiger partial charge in [0.1, 0.15) is 5.76 Å². The zero-order chi connectivity index (χ0) is 16.6. The number of furan rings is 1. The molecule has 1 aliphatic heterocycles. The highest BCUT2D eigenvalue weighted by atomic mass is 16.3. The third-order valence-electron chi connectivity index (χ3n) is 4.30. The number of hydrogen-bond acceptors (Lipinski definition) is 4. The van der Waals surface area contributed by atoms with Crippen LogP contribution in [0, 0.1) is 6.92 Å². The lowest BCUT2D eigenvalue weighted by Crippen LogP contribution is -2.51. The second kappa shape index (κ2) is 5.91. The first-order valence-electron chi connectivity index (χ1n) is 7.58. The highest BCUT2D eigenvalue weighted by molar-refractivity contribution is 5.92.